The van der Waals surface area contributed by atoms with E-state index >= 15 is 0 Å². The number of halogens is 1. The van der Waals surface area contributed by atoms with Crippen LogP contribution in [0.25, 0.3) is 0 Å². The Bertz CT molecular complexity index is 393. The third-order valence-corrected chi connectivity index (χ3v) is 3.06. The van der Waals surface area contributed by atoms with Gasteiger partial charge in [0.15, 0.2) is 0 Å². The summed E-state index contributed by atoms with van der Waals surface area (Å²) in [5, 5.41) is 0.585. The second-order valence-corrected chi connectivity index (χ2v) is 4.90. The number of nitrogens with two attached hydrogens (primary N) is 1. The van der Waals surface area contributed by atoms with Gasteiger partial charge in [-0.1, -0.05) is 43.7 Å². The molecule has 16 heavy (non-hydrogen) atoms. The minimum atomic E-state index is 0.0541. The molecule has 0 aromatic heterocycles. The molecular formula is C12H16ClNOS. The molecule has 1 unspecified atom stereocenters. The summed E-state index contributed by atoms with van der Waals surface area (Å²) in [7, 11) is 1.59. The Labute approximate surface area is 107 Å². The molecule has 2 N–H and O–H groups in total. The maximum atomic E-state index is 6.07. The van der Waals surface area contributed by atoms with Crippen LogP contribution in [0, 0.1) is 5.92 Å². The van der Waals surface area contributed by atoms with Crippen LogP contribution in [0.15, 0.2) is 18.2 Å². The summed E-state index contributed by atoms with van der Waals surface area (Å²) < 4.78 is 5.10. The lowest BCUT2D eigenvalue weighted by Crippen LogP contribution is -2.23. The summed E-state index contributed by atoms with van der Waals surface area (Å²) in [6.07, 6.45) is 0. The molecule has 0 spiro atoms. The summed E-state index contributed by atoms with van der Waals surface area (Å²) in [5.74, 6) is 1.07. The monoisotopic (exact) mass is 257 g/mol. The van der Waals surface area contributed by atoms with Crippen molar-refractivity contribution in [2.45, 2.75) is 19.8 Å². The van der Waals surface area contributed by atoms with Crippen molar-refractivity contribution in [3.05, 3.63) is 28.8 Å². The van der Waals surface area contributed by atoms with E-state index in [4.69, 9.17) is 34.3 Å². The van der Waals surface area contributed by atoms with Gasteiger partial charge in [-0.15, -0.1) is 0 Å². The molecule has 0 aliphatic carbocycles. The second kappa shape index (κ2) is 5.51. The zero-order valence-corrected chi connectivity index (χ0v) is 11.2. The first-order chi connectivity index (χ1) is 7.47. The van der Waals surface area contributed by atoms with Gasteiger partial charge < -0.3 is 10.5 Å². The van der Waals surface area contributed by atoms with Gasteiger partial charge in [0.25, 0.3) is 0 Å². The average molecular weight is 258 g/mol. The normalized spacial score (nSPS) is 12.6. The fourth-order valence-corrected chi connectivity index (χ4v) is 2.43. The Balaban J connectivity index is 3.12. The number of hydrogen-bond donors (Lipinski definition) is 1. The predicted molar refractivity (Wildman–Crippen MR) is 72.4 cm³/mol. The van der Waals surface area contributed by atoms with E-state index in [-0.39, 0.29) is 5.92 Å². The second-order valence-electron chi connectivity index (χ2n) is 4.02. The molecule has 0 fully saturated rings. The first-order valence-corrected chi connectivity index (χ1v) is 5.88. The van der Waals surface area contributed by atoms with E-state index in [9.17, 15) is 0 Å². The van der Waals surface area contributed by atoms with Gasteiger partial charge in [-0.05, 0) is 23.6 Å². The Morgan fingerprint density at radius 2 is 2.06 bits per heavy atom. The first kappa shape index (κ1) is 13.3. The lowest BCUT2D eigenvalue weighted by molar-refractivity contribution is 0.414. The van der Waals surface area contributed by atoms with E-state index in [1.807, 2.05) is 18.2 Å². The Kier molecular flexibility index (Phi) is 4.56. The van der Waals surface area contributed by atoms with Crippen molar-refractivity contribution < 1.29 is 4.74 Å². The molecule has 0 bridgehead atoms. The van der Waals surface area contributed by atoms with Crippen LogP contribution in [0.2, 0.25) is 5.02 Å². The van der Waals surface area contributed by atoms with E-state index in [0.29, 0.717) is 21.7 Å². The number of rotatable bonds is 4. The zero-order valence-electron chi connectivity index (χ0n) is 9.66. The zero-order chi connectivity index (χ0) is 12.3. The number of thiocarbonyl (C=S) groups is 1. The predicted octanol–water partition coefficient (Wildman–Crippen LogP) is 3.37. The summed E-state index contributed by atoms with van der Waals surface area (Å²) in [5.41, 5.74) is 6.78. The third-order valence-electron chi connectivity index (χ3n) is 2.51. The number of ether oxygens (including phenoxy) is 1. The van der Waals surface area contributed by atoms with E-state index in [1.165, 1.54) is 0 Å². The van der Waals surface area contributed by atoms with Gasteiger partial charge in [-0.2, -0.15) is 0 Å². The SMILES string of the molecule is COc1ccc(C(C(N)=S)C(C)C)cc1Cl. The minimum Gasteiger partial charge on any atom is -0.495 e. The van der Waals surface area contributed by atoms with Crippen LogP contribution in [0.3, 0.4) is 0 Å². The lowest BCUT2D eigenvalue weighted by Gasteiger charge is -2.20. The van der Waals surface area contributed by atoms with Crippen molar-refractivity contribution >= 4 is 28.8 Å². The highest BCUT2D eigenvalue weighted by Gasteiger charge is 2.19. The van der Waals surface area contributed by atoms with Crippen LogP contribution in [0.4, 0.5) is 0 Å². The smallest absolute Gasteiger partial charge is 0.137 e. The minimum absolute atomic E-state index is 0.0541. The fourth-order valence-electron chi connectivity index (χ4n) is 1.75. The van der Waals surface area contributed by atoms with Crippen LogP contribution in [-0.4, -0.2) is 12.1 Å². The molecule has 0 aliphatic heterocycles. The van der Waals surface area contributed by atoms with Gasteiger partial charge in [-0.25, -0.2) is 0 Å². The van der Waals surface area contributed by atoms with Crippen molar-refractivity contribution in [2.24, 2.45) is 11.7 Å². The van der Waals surface area contributed by atoms with E-state index < -0.39 is 0 Å². The highest BCUT2D eigenvalue weighted by molar-refractivity contribution is 7.80. The molecule has 4 heteroatoms. The average Bonchev–Trinajstić information content (AvgIpc) is 2.16. The van der Waals surface area contributed by atoms with Gasteiger partial charge in [0.1, 0.15) is 5.75 Å². The highest BCUT2D eigenvalue weighted by atomic mass is 35.5. The topological polar surface area (TPSA) is 35.2 Å². The highest BCUT2D eigenvalue weighted by Crippen LogP contribution is 2.31. The molecule has 0 amide bonds. The number of benzene rings is 1. The molecule has 88 valence electrons. The fraction of sp³-hybridized carbons (Fsp3) is 0.417. The maximum absolute atomic E-state index is 6.07. The summed E-state index contributed by atoms with van der Waals surface area (Å²) in [4.78, 5) is 0.497. The molecule has 1 rings (SSSR count). The Hall–Kier alpha value is -0.800. The van der Waals surface area contributed by atoms with Crippen molar-refractivity contribution in [3.63, 3.8) is 0 Å². The molecule has 1 aromatic carbocycles. The van der Waals surface area contributed by atoms with Crippen molar-refractivity contribution in [1.82, 2.24) is 0 Å². The molecular weight excluding hydrogens is 242 g/mol. The van der Waals surface area contributed by atoms with Crippen LogP contribution in [-0.2, 0) is 0 Å². The lowest BCUT2D eigenvalue weighted by atomic mass is 9.88. The largest absolute Gasteiger partial charge is 0.495 e. The van der Waals surface area contributed by atoms with E-state index in [2.05, 4.69) is 13.8 Å². The Morgan fingerprint density at radius 3 is 2.44 bits per heavy atom. The first-order valence-electron chi connectivity index (χ1n) is 5.10. The van der Waals surface area contributed by atoms with Gasteiger partial charge in [-0.3, -0.25) is 0 Å². The van der Waals surface area contributed by atoms with Gasteiger partial charge >= 0.3 is 0 Å². The van der Waals surface area contributed by atoms with Crippen molar-refractivity contribution in [2.75, 3.05) is 7.11 Å². The molecule has 2 nitrogen and oxygen atoms in total. The molecule has 0 heterocycles. The number of methoxy groups -OCH3 is 1. The summed E-state index contributed by atoms with van der Waals surface area (Å²) >= 11 is 11.2. The molecule has 1 aromatic rings. The maximum Gasteiger partial charge on any atom is 0.137 e. The van der Waals surface area contributed by atoms with Crippen molar-refractivity contribution in [1.29, 1.82) is 0 Å². The molecule has 0 saturated heterocycles. The molecule has 0 radical (unpaired) electrons. The van der Waals surface area contributed by atoms with Crippen LogP contribution < -0.4 is 10.5 Å². The van der Waals surface area contributed by atoms with Gasteiger partial charge in [0.05, 0.1) is 17.1 Å². The van der Waals surface area contributed by atoms with E-state index in [0.717, 1.165) is 5.56 Å². The summed E-state index contributed by atoms with van der Waals surface area (Å²) in [6.45, 7) is 4.17. The van der Waals surface area contributed by atoms with Crippen LogP contribution in [0.1, 0.15) is 25.3 Å². The molecule has 0 saturated carbocycles. The van der Waals surface area contributed by atoms with Crippen molar-refractivity contribution in [3.8, 4) is 5.75 Å². The summed E-state index contributed by atoms with van der Waals surface area (Å²) in [6, 6.07) is 5.66. The van der Waals surface area contributed by atoms with Crippen LogP contribution >= 0.6 is 23.8 Å². The van der Waals surface area contributed by atoms with E-state index in [1.54, 1.807) is 7.11 Å². The quantitative estimate of drug-likeness (QED) is 0.840. The van der Waals surface area contributed by atoms with Gasteiger partial charge in [0, 0.05) is 5.92 Å². The van der Waals surface area contributed by atoms with Crippen LogP contribution in [0.5, 0.6) is 5.75 Å². The standard InChI is InChI=1S/C12H16ClNOS/c1-7(2)11(12(14)16)8-4-5-10(15-3)9(13)6-8/h4-7,11H,1-3H3,(H2,14,16). The van der Waals surface area contributed by atoms with Gasteiger partial charge in [0.2, 0.25) is 0 Å². The molecule has 0 aliphatic rings. The number of hydrogen-bond acceptors (Lipinski definition) is 2. The molecule has 1 atom stereocenters. The third kappa shape index (κ3) is 2.86. The Morgan fingerprint density at radius 1 is 1.44 bits per heavy atom.